The van der Waals surface area contributed by atoms with Gasteiger partial charge in [0.1, 0.15) is 5.01 Å². The Morgan fingerprint density at radius 1 is 1.04 bits per heavy atom. The number of fused-ring (bicyclic) bond motifs is 1. The first-order chi connectivity index (χ1) is 12.6. The van der Waals surface area contributed by atoms with Crippen LogP contribution < -0.4 is 5.32 Å². The molecule has 0 aliphatic heterocycles. The van der Waals surface area contributed by atoms with E-state index in [4.69, 9.17) is 23.2 Å². The number of nitrogens with one attached hydrogen (secondary N) is 1. The minimum Gasteiger partial charge on any atom is -0.321 e. The summed E-state index contributed by atoms with van der Waals surface area (Å²) in [6.45, 7) is 0. The lowest BCUT2D eigenvalue weighted by atomic mass is 10.2. The Bertz CT molecular complexity index is 1080. The lowest BCUT2D eigenvalue weighted by Crippen LogP contribution is -2.12. The number of halogens is 2. The number of rotatable bonds is 3. The molecule has 0 bridgehead atoms. The predicted octanol–water partition coefficient (Wildman–Crippen LogP) is 5.92. The van der Waals surface area contributed by atoms with Crippen molar-refractivity contribution >= 4 is 56.3 Å². The maximum absolute atomic E-state index is 12.4. The molecule has 0 radical (unpaired) electrons. The Morgan fingerprint density at radius 2 is 1.88 bits per heavy atom. The fourth-order valence-electron chi connectivity index (χ4n) is 2.49. The van der Waals surface area contributed by atoms with Crippen LogP contribution in [0.1, 0.15) is 10.4 Å². The molecule has 0 aliphatic rings. The Hall–Kier alpha value is -2.47. The minimum atomic E-state index is -0.294. The summed E-state index contributed by atoms with van der Waals surface area (Å²) in [4.78, 5) is 21.0. The number of carbonyl (C=O) groups excluding carboxylic acids is 1. The Labute approximate surface area is 163 Å². The van der Waals surface area contributed by atoms with Crippen LogP contribution in [0.3, 0.4) is 0 Å². The standard InChI is InChI=1S/C19H11Cl2N3OS/c20-13-9-14(21)16(23-18(25)11-4-3-7-22-10-11)8-12(13)19-24-15-5-1-2-6-17(15)26-19/h1-10H,(H,23,25). The number of thiazole rings is 1. The Kier molecular flexibility index (Phi) is 4.59. The molecule has 0 atom stereocenters. The minimum absolute atomic E-state index is 0.294. The summed E-state index contributed by atoms with van der Waals surface area (Å²) in [7, 11) is 0. The molecule has 4 rings (SSSR count). The fourth-order valence-corrected chi connectivity index (χ4v) is 4.06. The zero-order valence-corrected chi connectivity index (χ0v) is 15.6. The number of hydrogen-bond donors (Lipinski definition) is 1. The summed E-state index contributed by atoms with van der Waals surface area (Å²) in [5.41, 5.74) is 2.54. The molecule has 0 spiro atoms. The monoisotopic (exact) mass is 399 g/mol. The Morgan fingerprint density at radius 3 is 2.65 bits per heavy atom. The van der Waals surface area contributed by atoms with Gasteiger partial charge in [-0.05, 0) is 36.4 Å². The molecule has 0 fully saturated rings. The molecular weight excluding hydrogens is 389 g/mol. The predicted molar refractivity (Wildman–Crippen MR) is 107 cm³/mol. The van der Waals surface area contributed by atoms with Gasteiger partial charge in [-0.2, -0.15) is 0 Å². The van der Waals surface area contributed by atoms with Crippen molar-refractivity contribution in [2.45, 2.75) is 0 Å². The zero-order chi connectivity index (χ0) is 18.1. The smallest absolute Gasteiger partial charge is 0.257 e. The number of benzene rings is 2. The van der Waals surface area contributed by atoms with Crippen molar-refractivity contribution < 1.29 is 4.79 Å². The quantitative estimate of drug-likeness (QED) is 0.465. The number of pyridine rings is 1. The third-order valence-electron chi connectivity index (χ3n) is 3.75. The van der Waals surface area contributed by atoms with E-state index in [0.29, 0.717) is 21.3 Å². The SMILES string of the molecule is O=C(Nc1cc(-c2nc3ccccc3s2)c(Cl)cc1Cl)c1cccnc1. The number of amides is 1. The van der Waals surface area contributed by atoms with Crippen molar-refractivity contribution in [2.75, 3.05) is 5.32 Å². The molecular formula is C19H11Cl2N3OS. The summed E-state index contributed by atoms with van der Waals surface area (Å²) in [5, 5.41) is 4.41. The van der Waals surface area contributed by atoms with E-state index in [9.17, 15) is 4.79 Å². The lowest BCUT2D eigenvalue weighted by molar-refractivity contribution is 0.102. The van der Waals surface area contributed by atoms with E-state index in [1.54, 1.807) is 30.5 Å². The molecule has 7 heteroatoms. The fraction of sp³-hybridized carbons (Fsp3) is 0. The van der Waals surface area contributed by atoms with Crippen molar-refractivity contribution in [3.63, 3.8) is 0 Å². The summed E-state index contributed by atoms with van der Waals surface area (Å²) < 4.78 is 1.06. The molecule has 4 aromatic rings. The van der Waals surface area contributed by atoms with Gasteiger partial charge in [-0.15, -0.1) is 11.3 Å². The largest absolute Gasteiger partial charge is 0.321 e. The van der Waals surface area contributed by atoms with Gasteiger partial charge in [-0.1, -0.05) is 35.3 Å². The summed E-state index contributed by atoms with van der Waals surface area (Å²) in [6.07, 6.45) is 3.10. The molecule has 1 N–H and O–H groups in total. The second kappa shape index (κ2) is 7.03. The van der Waals surface area contributed by atoms with Gasteiger partial charge in [0.2, 0.25) is 0 Å². The summed E-state index contributed by atoms with van der Waals surface area (Å²) in [5.74, 6) is -0.294. The topological polar surface area (TPSA) is 54.9 Å². The summed E-state index contributed by atoms with van der Waals surface area (Å²) in [6, 6.07) is 14.6. The van der Waals surface area contributed by atoms with Crippen molar-refractivity contribution in [1.29, 1.82) is 0 Å². The number of para-hydroxylation sites is 1. The normalized spacial score (nSPS) is 10.8. The first kappa shape index (κ1) is 17.0. The molecule has 0 aliphatic carbocycles. The average Bonchev–Trinajstić information content (AvgIpc) is 3.08. The van der Waals surface area contributed by atoms with E-state index in [1.165, 1.54) is 17.5 Å². The van der Waals surface area contributed by atoms with Crippen LogP contribution in [0.2, 0.25) is 10.0 Å². The van der Waals surface area contributed by atoms with Crippen molar-refractivity contribution in [3.05, 3.63) is 76.5 Å². The third kappa shape index (κ3) is 3.29. The van der Waals surface area contributed by atoms with Crippen LogP contribution in [0.15, 0.2) is 60.9 Å². The van der Waals surface area contributed by atoms with Gasteiger partial charge in [0, 0.05) is 18.0 Å². The summed E-state index contributed by atoms with van der Waals surface area (Å²) >= 11 is 14.2. The molecule has 0 unspecified atom stereocenters. The van der Waals surface area contributed by atoms with Crippen LogP contribution in [0, 0.1) is 0 Å². The van der Waals surface area contributed by atoms with Gasteiger partial charge in [-0.25, -0.2) is 4.98 Å². The Balaban J connectivity index is 1.73. The number of anilines is 1. The number of hydrogen-bond acceptors (Lipinski definition) is 4. The highest BCUT2D eigenvalue weighted by Crippen LogP contribution is 2.39. The van der Waals surface area contributed by atoms with E-state index < -0.39 is 0 Å². The highest BCUT2D eigenvalue weighted by atomic mass is 35.5. The van der Waals surface area contributed by atoms with Gasteiger partial charge in [0.05, 0.1) is 31.5 Å². The van der Waals surface area contributed by atoms with Crippen LogP contribution in [0.5, 0.6) is 0 Å². The lowest BCUT2D eigenvalue weighted by Gasteiger charge is -2.10. The van der Waals surface area contributed by atoms with Crippen molar-refractivity contribution in [3.8, 4) is 10.6 Å². The van der Waals surface area contributed by atoms with Crippen LogP contribution >= 0.6 is 34.5 Å². The van der Waals surface area contributed by atoms with Crippen molar-refractivity contribution in [1.82, 2.24) is 9.97 Å². The van der Waals surface area contributed by atoms with Gasteiger partial charge in [0.25, 0.3) is 5.91 Å². The van der Waals surface area contributed by atoms with Crippen LogP contribution in [-0.4, -0.2) is 15.9 Å². The first-order valence-electron chi connectivity index (χ1n) is 7.68. The van der Waals surface area contributed by atoms with E-state index in [2.05, 4.69) is 15.3 Å². The molecule has 4 nitrogen and oxygen atoms in total. The van der Waals surface area contributed by atoms with Crippen molar-refractivity contribution in [2.24, 2.45) is 0 Å². The molecule has 2 aromatic carbocycles. The third-order valence-corrected chi connectivity index (χ3v) is 5.45. The molecule has 2 aromatic heterocycles. The first-order valence-corrected chi connectivity index (χ1v) is 9.25. The number of nitrogens with zero attached hydrogens (tertiary/aromatic N) is 2. The highest BCUT2D eigenvalue weighted by molar-refractivity contribution is 7.21. The van der Waals surface area contributed by atoms with E-state index in [-0.39, 0.29) is 5.91 Å². The van der Waals surface area contributed by atoms with Gasteiger partial charge < -0.3 is 5.32 Å². The van der Waals surface area contributed by atoms with Crippen LogP contribution in [0.4, 0.5) is 5.69 Å². The van der Waals surface area contributed by atoms with Crippen LogP contribution in [0.25, 0.3) is 20.8 Å². The van der Waals surface area contributed by atoms with E-state index in [0.717, 1.165) is 20.8 Å². The second-order valence-corrected chi connectivity index (χ2v) is 7.34. The van der Waals surface area contributed by atoms with Gasteiger partial charge in [0.15, 0.2) is 0 Å². The molecule has 128 valence electrons. The molecule has 0 saturated carbocycles. The van der Waals surface area contributed by atoms with Gasteiger partial charge >= 0.3 is 0 Å². The molecule has 0 saturated heterocycles. The zero-order valence-electron chi connectivity index (χ0n) is 13.2. The van der Waals surface area contributed by atoms with Gasteiger partial charge in [-0.3, -0.25) is 9.78 Å². The maximum Gasteiger partial charge on any atom is 0.257 e. The molecule has 2 heterocycles. The van der Waals surface area contributed by atoms with E-state index >= 15 is 0 Å². The second-order valence-electron chi connectivity index (χ2n) is 5.49. The number of aromatic nitrogens is 2. The number of carbonyl (C=O) groups is 1. The van der Waals surface area contributed by atoms with E-state index in [1.807, 2.05) is 24.3 Å². The molecule has 1 amide bonds. The highest BCUT2D eigenvalue weighted by Gasteiger charge is 2.15. The average molecular weight is 400 g/mol. The van der Waals surface area contributed by atoms with Crippen LogP contribution in [-0.2, 0) is 0 Å². The molecule has 26 heavy (non-hydrogen) atoms. The maximum atomic E-state index is 12.4.